The van der Waals surface area contributed by atoms with Crippen LogP contribution in [0.4, 0.5) is 0 Å². The Morgan fingerprint density at radius 3 is 2.60 bits per heavy atom. The molecule has 2 rings (SSSR count). The predicted octanol–water partition coefficient (Wildman–Crippen LogP) is 1.57. The average molecular weight is 275 g/mol. The maximum atomic E-state index is 12.4. The summed E-state index contributed by atoms with van der Waals surface area (Å²) in [5, 5.41) is 3.36. The second-order valence-corrected chi connectivity index (χ2v) is 5.20. The fourth-order valence-corrected chi connectivity index (χ4v) is 2.62. The smallest absolute Gasteiger partial charge is 0.253 e. The van der Waals surface area contributed by atoms with Gasteiger partial charge >= 0.3 is 0 Å². The van der Waals surface area contributed by atoms with Crippen LogP contribution in [-0.2, 0) is 6.54 Å². The van der Waals surface area contributed by atoms with Gasteiger partial charge < -0.3 is 10.2 Å². The highest BCUT2D eigenvalue weighted by molar-refractivity contribution is 5.94. The van der Waals surface area contributed by atoms with Gasteiger partial charge in [-0.2, -0.15) is 0 Å². The maximum Gasteiger partial charge on any atom is 0.253 e. The molecule has 0 spiro atoms. The zero-order valence-corrected chi connectivity index (χ0v) is 12.6. The Bertz CT molecular complexity index is 437. The van der Waals surface area contributed by atoms with Gasteiger partial charge in [0.2, 0.25) is 0 Å². The Labute approximate surface area is 121 Å². The molecule has 1 aliphatic heterocycles. The summed E-state index contributed by atoms with van der Waals surface area (Å²) in [6.45, 7) is 10.8. The first-order valence-electron chi connectivity index (χ1n) is 7.56. The van der Waals surface area contributed by atoms with Crippen LogP contribution < -0.4 is 5.32 Å². The topological polar surface area (TPSA) is 35.6 Å². The van der Waals surface area contributed by atoms with Crippen molar-refractivity contribution in [3.8, 4) is 0 Å². The molecule has 20 heavy (non-hydrogen) atoms. The van der Waals surface area contributed by atoms with E-state index < -0.39 is 0 Å². The van der Waals surface area contributed by atoms with Gasteiger partial charge in [-0.25, -0.2) is 0 Å². The molecule has 1 saturated heterocycles. The molecule has 4 nitrogen and oxygen atoms in total. The van der Waals surface area contributed by atoms with Crippen LogP contribution >= 0.6 is 0 Å². The molecule has 0 aliphatic carbocycles. The zero-order valence-electron chi connectivity index (χ0n) is 12.6. The van der Waals surface area contributed by atoms with Gasteiger partial charge in [0.15, 0.2) is 0 Å². The number of piperazine rings is 1. The molecule has 0 saturated carbocycles. The highest BCUT2D eigenvalue weighted by Gasteiger charge is 2.14. The lowest BCUT2D eigenvalue weighted by atomic mass is 10.1. The number of hydrogen-bond acceptors (Lipinski definition) is 3. The molecule has 1 aliphatic rings. The summed E-state index contributed by atoms with van der Waals surface area (Å²) in [6, 6.07) is 8.07. The normalized spacial score (nSPS) is 16.1. The van der Waals surface area contributed by atoms with E-state index in [1.165, 1.54) is 5.56 Å². The van der Waals surface area contributed by atoms with Gasteiger partial charge in [0, 0.05) is 51.4 Å². The summed E-state index contributed by atoms with van der Waals surface area (Å²) < 4.78 is 0. The van der Waals surface area contributed by atoms with E-state index in [-0.39, 0.29) is 5.91 Å². The molecule has 0 atom stereocenters. The largest absolute Gasteiger partial charge is 0.339 e. The molecule has 1 aromatic rings. The van der Waals surface area contributed by atoms with Gasteiger partial charge in [-0.05, 0) is 31.5 Å². The molecule has 1 aromatic carbocycles. The first-order chi connectivity index (χ1) is 9.74. The van der Waals surface area contributed by atoms with Crippen LogP contribution in [0.1, 0.15) is 29.8 Å². The molecule has 4 heteroatoms. The first kappa shape index (κ1) is 15.0. The molecule has 0 radical (unpaired) electrons. The van der Waals surface area contributed by atoms with E-state index in [0.29, 0.717) is 0 Å². The Balaban J connectivity index is 2.05. The third-order valence-electron chi connectivity index (χ3n) is 3.84. The third-order valence-corrected chi connectivity index (χ3v) is 3.84. The number of nitrogens with one attached hydrogen (secondary N) is 1. The van der Waals surface area contributed by atoms with Crippen LogP contribution in [0.25, 0.3) is 0 Å². The van der Waals surface area contributed by atoms with Crippen molar-refractivity contribution in [1.82, 2.24) is 15.1 Å². The molecule has 1 heterocycles. The van der Waals surface area contributed by atoms with Crippen molar-refractivity contribution in [2.24, 2.45) is 0 Å². The molecule has 0 bridgehead atoms. The van der Waals surface area contributed by atoms with Crippen molar-refractivity contribution in [1.29, 1.82) is 0 Å². The fraction of sp³-hybridized carbons (Fsp3) is 0.562. The van der Waals surface area contributed by atoms with Gasteiger partial charge in [0.05, 0.1) is 0 Å². The van der Waals surface area contributed by atoms with E-state index in [9.17, 15) is 4.79 Å². The predicted molar refractivity (Wildman–Crippen MR) is 81.8 cm³/mol. The molecule has 1 amide bonds. The minimum atomic E-state index is 0.136. The van der Waals surface area contributed by atoms with E-state index in [4.69, 9.17) is 0 Å². The average Bonchev–Trinajstić information content (AvgIpc) is 2.49. The highest BCUT2D eigenvalue weighted by atomic mass is 16.2. The van der Waals surface area contributed by atoms with Gasteiger partial charge in [-0.3, -0.25) is 9.69 Å². The van der Waals surface area contributed by atoms with Crippen LogP contribution in [0.3, 0.4) is 0 Å². The second-order valence-electron chi connectivity index (χ2n) is 5.20. The number of carbonyl (C=O) groups excluding carboxylic acids is 1. The number of rotatable bonds is 5. The quantitative estimate of drug-likeness (QED) is 0.886. The number of nitrogens with zero attached hydrogens (tertiary/aromatic N) is 2. The van der Waals surface area contributed by atoms with Gasteiger partial charge in [-0.1, -0.05) is 12.1 Å². The standard InChI is InChI=1S/C16H25N3O/c1-3-19(4-2)16(20)15-7-5-6-14(12-15)13-18-10-8-17-9-11-18/h5-7,12,17H,3-4,8-11,13H2,1-2H3. The molecule has 0 aromatic heterocycles. The van der Waals surface area contributed by atoms with Crippen LogP contribution in [0, 0.1) is 0 Å². The third kappa shape index (κ3) is 3.81. The van der Waals surface area contributed by atoms with Crippen molar-refractivity contribution < 1.29 is 4.79 Å². The molecule has 110 valence electrons. The van der Waals surface area contributed by atoms with Crippen molar-refractivity contribution in [2.75, 3.05) is 39.3 Å². The van der Waals surface area contributed by atoms with Crippen LogP contribution in [0.15, 0.2) is 24.3 Å². The highest BCUT2D eigenvalue weighted by Crippen LogP contribution is 2.11. The minimum Gasteiger partial charge on any atom is -0.339 e. The van der Waals surface area contributed by atoms with Crippen LogP contribution in [0.5, 0.6) is 0 Å². The fourth-order valence-electron chi connectivity index (χ4n) is 2.62. The van der Waals surface area contributed by atoms with E-state index in [2.05, 4.69) is 16.3 Å². The van der Waals surface area contributed by atoms with Crippen molar-refractivity contribution >= 4 is 5.91 Å². The summed E-state index contributed by atoms with van der Waals surface area (Å²) in [5.74, 6) is 0.136. The van der Waals surface area contributed by atoms with E-state index >= 15 is 0 Å². The Morgan fingerprint density at radius 2 is 1.95 bits per heavy atom. The van der Waals surface area contributed by atoms with Crippen LogP contribution in [0.2, 0.25) is 0 Å². The number of carbonyl (C=O) groups is 1. The van der Waals surface area contributed by atoms with Crippen LogP contribution in [-0.4, -0.2) is 55.0 Å². The van der Waals surface area contributed by atoms with Crippen molar-refractivity contribution in [3.63, 3.8) is 0 Å². The zero-order chi connectivity index (χ0) is 14.4. The van der Waals surface area contributed by atoms with Gasteiger partial charge in [0.25, 0.3) is 5.91 Å². The second kappa shape index (κ2) is 7.41. The molecule has 1 fully saturated rings. The van der Waals surface area contributed by atoms with E-state index in [1.807, 2.05) is 36.9 Å². The summed E-state index contributed by atoms with van der Waals surface area (Å²) in [4.78, 5) is 16.6. The van der Waals surface area contributed by atoms with Crippen molar-refractivity contribution in [2.45, 2.75) is 20.4 Å². The summed E-state index contributed by atoms with van der Waals surface area (Å²) >= 11 is 0. The molecular weight excluding hydrogens is 250 g/mol. The molecular formula is C16H25N3O. The minimum absolute atomic E-state index is 0.136. The lowest BCUT2D eigenvalue weighted by molar-refractivity contribution is 0.0772. The lowest BCUT2D eigenvalue weighted by Crippen LogP contribution is -2.42. The van der Waals surface area contributed by atoms with E-state index in [0.717, 1.165) is 51.4 Å². The Morgan fingerprint density at radius 1 is 1.25 bits per heavy atom. The monoisotopic (exact) mass is 275 g/mol. The summed E-state index contributed by atoms with van der Waals surface area (Å²) in [6.07, 6.45) is 0. The Hall–Kier alpha value is -1.39. The number of amides is 1. The van der Waals surface area contributed by atoms with Gasteiger partial charge in [0.1, 0.15) is 0 Å². The van der Waals surface area contributed by atoms with Gasteiger partial charge in [-0.15, -0.1) is 0 Å². The SMILES string of the molecule is CCN(CC)C(=O)c1cccc(CN2CCNCC2)c1. The maximum absolute atomic E-state index is 12.4. The number of benzene rings is 1. The lowest BCUT2D eigenvalue weighted by Gasteiger charge is -2.27. The first-order valence-corrected chi connectivity index (χ1v) is 7.56. The molecule has 0 unspecified atom stereocenters. The molecule has 1 N–H and O–H groups in total. The number of hydrogen-bond donors (Lipinski definition) is 1. The van der Waals surface area contributed by atoms with Crippen molar-refractivity contribution in [3.05, 3.63) is 35.4 Å². The summed E-state index contributed by atoms with van der Waals surface area (Å²) in [7, 11) is 0. The Kier molecular flexibility index (Phi) is 5.56. The van der Waals surface area contributed by atoms with E-state index in [1.54, 1.807) is 0 Å². The summed E-state index contributed by atoms with van der Waals surface area (Å²) in [5.41, 5.74) is 2.03.